The molecule has 0 spiro atoms. The standard InChI is InChI=1S/C14H18F3NO/c1-9-12(6-7-19-9)13(18-2)10-4-3-5-11(8-10)14(15,16)17/h3-5,8-9,12-13,18H,6-7H2,1-2H3. The molecule has 0 aliphatic carbocycles. The molecule has 0 aromatic heterocycles. The van der Waals surface area contributed by atoms with Crippen LogP contribution in [0.15, 0.2) is 24.3 Å². The van der Waals surface area contributed by atoms with Gasteiger partial charge in [-0.1, -0.05) is 12.1 Å². The summed E-state index contributed by atoms with van der Waals surface area (Å²) in [5.74, 6) is 0.202. The van der Waals surface area contributed by atoms with Crippen LogP contribution in [0.5, 0.6) is 0 Å². The third-order valence-corrected chi connectivity index (χ3v) is 3.75. The van der Waals surface area contributed by atoms with Crippen LogP contribution in [-0.2, 0) is 10.9 Å². The molecular formula is C14H18F3NO. The Morgan fingerprint density at radius 1 is 1.37 bits per heavy atom. The van der Waals surface area contributed by atoms with Crippen molar-refractivity contribution in [3.05, 3.63) is 35.4 Å². The quantitative estimate of drug-likeness (QED) is 0.911. The van der Waals surface area contributed by atoms with Gasteiger partial charge in [-0.05, 0) is 38.1 Å². The van der Waals surface area contributed by atoms with Crippen LogP contribution in [0.4, 0.5) is 13.2 Å². The lowest BCUT2D eigenvalue weighted by Crippen LogP contribution is -2.29. The van der Waals surface area contributed by atoms with E-state index in [1.165, 1.54) is 12.1 Å². The van der Waals surface area contributed by atoms with Crippen LogP contribution in [0, 0.1) is 5.92 Å². The van der Waals surface area contributed by atoms with Crippen molar-refractivity contribution in [3.8, 4) is 0 Å². The van der Waals surface area contributed by atoms with Gasteiger partial charge >= 0.3 is 6.18 Å². The van der Waals surface area contributed by atoms with Gasteiger partial charge in [-0.3, -0.25) is 0 Å². The van der Waals surface area contributed by atoms with Crippen LogP contribution < -0.4 is 5.32 Å². The molecule has 2 nitrogen and oxygen atoms in total. The summed E-state index contributed by atoms with van der Waals surface area (Å²) in [5.41, 5.74) is 0.0662. The Balaban J connectivity index is 2.28. The van der Waals surface area contributed by atoms with Gasteiger partial charge in [-0.25, -0.2) is 0 Å². The highest BCUT2D eigenvalue weighted by molar-refractivity contribution is 5.28. The first-order valence-corrected chi connectivity index (χ1v) is 6.39. The molecule has 2 rings (SSSR count). The van der Waals surface area contributed by atoms with Gasteiger partial charge in [-0.2, -0.15) is 13.2 Å². The van der Waals surface area contributed by atoms with Crippen molar-refractivity contribution in [1.29, 1.82) is 0 Å². The highest BCUT2D eigenvalue weighted by atomic mass is 19.4. The van der Waals surface area contributed by atoms with Crippen molar-refractivity contribution < 1.29 is 17.9 Å². The number of hydrogen-bond acceptors (Lipinski definition) is 2. The van der Waals surface area contributed by atoms with Crippen LogP contribution in [0.2, 0.25) is 0 Å². The average molecular weight is 273 g/mol. The molecule has 1 fully saturated rings. The van der Waals surface area contributed by atoms with Gasteiger partial charge < -0.3 is 10.1 Å². The predicted molar refractivity (Wildman–Crippen MR) is 66.8 cm³/mol. The molecule has 1 aliphatic heterocycles. The third-order valence-electron chi connectivity index (χ3n) is 3.75. The lowest BCUT2D eigenvalue weighted by atomic mass is 9.88. The molecule has 3 atom stereocenters. The number of benzene rings is 1. The third kappa shape index (κ3) is 3.09. The van der Waals surface area contributed by atoms with E-state index in [1.54, 1.807) is 13.1 Å². The van der Waals surface area contributed by atoms with E-state index in [0.29, 0.717) is 12.2 Å². The Kier molecular flexibility index (Phi) is 4.16. The Morgan fingerprint density at radius 2 is 2.11 bits per heavy atom. The molecule has 0 saturated carbocycles. The fourth-order valence-corrected chi connectivity index (χ4v) is 2.72. The van der Waals surface area contributed by atoms with E-state index >= 15 is 0 Å². The van der Waals surface area contributed by atoms with Crippen molar-refractivity contribution in [2.24, 2.45) is 5.92 Å². The molecule has 1 N–H and O–H groups in total. The van der Waals surface area contributed by atoms with Crippen LogP contribution >= 0.6 is 0 Å². The second-order valence-electron chi connectivity index (χ2n) is 4.92. The summed E-state index contributed by atoms with van der Waals surface area (Å²) in [6.45, 7) is 2.64. The lowest BCUT2D eigenvalue weighted by Gasteiger charge is -2.26. The molecular weight excluding hydrogens is 255 g/mol. The van der Waals surface area contributed by atoms with E-state index in [4.69, 9.17) is 4.74 Å². The Hall–Kier alpha value is -1.07. The molecule has 1 heterocycles. The number of ether oxygens (including phenoxy) is 1. The Morgan fingerprint density at radius 3 is 2.63 bits per heavy atom. The van der Waals surface area contributed by atoms with E-state index in [9.17, 15) is 13.2 Å². The largest absolute Gasteiger partial charge is 0.416 e. The molecule has 1 aromatic carbocycles. The molecule has 19 heavy (non-hydrogen) atoms. The van der Waals surface area contributed by atoms with Crippen molar-refractivity contribution in [2.45, 2.75) is 31.7 Å². The summed E-state index contributed by atoms with van der Waals surface area (Å²) < 4.78 is 43.7. The number of hydrogen-bond donors (Lipinski definition) is 1. The molecule has 0 radical (unpaired) electrons. The summed E-state index contributed by atoms with van der Waals surface area (Å²) in [5, 5.41) is 3.12. The first-order chi connectivity index (χ1) is 8.93. The molecule has 1 aliphatic rings. The molecule has 5 heteroatoms. The average Bonchev–Trinajstić information content (AvgIpc) is 2.76. The second-order valence-corrected chi connectivity index (χ2v) is 4.92. The topological polar surface area (TPSA) is 21.3 Å². The Bertz CT molecular complexity index is 433. The van der Waals surface area contributed by atoms with Crippen molar-refractivity contribution in [3.63, 3.8) is 0 Å². The SMILES string of the molecule is CNC(c1cccc(C(F)(F)F)c1)C1CCOC1C. The zero-order valence-electron chi connectivity index (χ0n) is 11.0. The number of alkyl halides is 3. The monoisotopic (exact) mass is 273 g/mol. The van der Waals surface area contributed by atoms with Gasteiger partial charge in [0.25, 0.3) is 0 Å². The van der Waals surface area contributed by atoms with E-state index in [-0.39, 0.29) is 18.1 Å². The minimum absolute atomic E-state index is 0.0620. The summed E-state index contributed by atoms with van der Waals surface area (Å²) in [6.07, 6.45) is -3.37. The Labute approximate surface area is 111 Å². The molecule has 106 valence electrons. The minimum atomic E-state index is -4.30. The summed E-state index contributed by atoms with van der Waals surface area (Å²) in [6, 6.07) is 5.42. The van der Waals surface area contributed by atoms with E-state index in [1.807, 2.05) is 6.92 Å². The van der Waals surface area contributed by atoms with E-state index in [2.05, 4.69) is 5.32 Å². The van der Waals surface area contributed by atoms with Gasteiger partial charge in [0.2, 0.25) is 0 Å². The van der Waals surface area contributed by atoms with Crippen molar-refractivity contribution in [2.75, 3.05) is 13.7 Å². The molecule has 1 saturated heterocycles. The van der Waals surface area contributed by atoms with Crippen LogP contribution in [0.25, 0.3) is 0 Å². The number of nitrogens with one attached hydrogen (secondary N) is 1. The molecule has 1 aromatic rings. The highest BCUT2D eigenvalue weighted by Crippen LogP contribution is 2.36. The van der Waals surface area contributed by atoms with Gasteiger partial charge in [0, 0.05) is 18.6 Å². The summed E-state index contributed by atoms with van der Waals surface area (Å²) >= 11 is 0. The van der Waals surface area contributed by atoms with Crippen molar-refractivity contribution >= 4 is 0 Å². The van der Waals surface area contributed by atoms with Crippen LogP contribution in [0.1, 0.15) is 30.5 Å². The number of rotatable bonds is 3. The number of halogens is 3. The maximum Gasteiger partial charge on any atom is 0.416 e. The zero-order valence-corrected chi connectivity index (χ0v) is 11.0. The molecule has 0 amide bonds. The highest BCUT2D eigenvalue weighted by Gasteiger charge is 2.34. The lowest BCUT2D eigenvalue weighted by molar-refractivity contribution is -0.137. The predicted octanol–water partition coefficient (Wildman–Crippen LogP) is 3.39. The first kappa shape index (κ1) is 14.3. The fourth-order valence-electron chi connectivity index (χ4n) is 2.72. The van der Waals surface area contributed by atoms with Crippen molar-refractivity contribution in [1.82, 2.24) is 5.32 Å². The summed E-state index contributed by atoms with van der Waals surface area (Å²) in [4.78, 5) is 0. The molecule has 0 bridgehead atoms. The van der Waals surface area contributed by atoms with E-state index in [0.717, 1.165) is 12.5 Å². The summed E-state index contributed by atoms with van der Waals surface area (Å²) in [7, 11) is 1.77. The molecule has 3 unspecified atom stereocenters. The maximum absolute atomic E-state index is 12.7. The van der Waals surface area contributed by atoms with E-state index < -0.39 is 11.7 Å². The zero-order chi connectivity index (χ0) is 14.0. The van der Waals surface area contributed by atoms with Crippen LogP contribution in [0.3, 0.4) is 0 Å². The van der Waals surface area contributed by atoms with Gasteiger partial charge in [0.15, 0.2) is 0 Å². The fraction of sp³-hybridized carbons (Fsp3) is 0.571. The van der Waals surface area contributed by atoms with Gasteiger partial charge in [0.1, 0.15) is 0 Å². The van der Waals surface area contributed by atoms with Gasteiger partial charge in [-0.15, -0.1) is 0 Å². The van der Waals surface area contributed by atoms with Crippen LogP contribution in [-0.4, -0.2) is 19.8 Å². The normalized spacial score (nSPS) is 25.5. The smallest absolute Gasteiger partial charge is 0.378 e. The maximum atomic E-state index is 12.7. The van der Waals surface area contributed by atoms with Gasteiger partial charge in [0.05, 0.1) is 11.7 Å². The first-order valence-electron chi connectivity index (χ1n) is 6.39. The minimum Gasteiger partial charge on any atom is -0.378 e. The second kappa shape index (κ2) is 5.51.